The molecule has 1 aliphatic rings. The number of hydrogen-bond acceptors (Lipinski definition) is 17. The molecular weight excluding hydrogens is 816 g/mol. The van der Waals surface area contributed by atoms with Gasteiger partial charge >= 0.3 is 24.1 Å². The fraction of sp³-hybridized carbons (Fsp3) is 0.625. The lowest BCUT2D eigenvalue weighted by molar-refractivity contribution is -0.385. The predicted octanol–water partition coefficient (Wildman–Crippen LogP) is 5.18. The van der Waals surface area contributed by atoms with E-state index in [1.807, 2.05) is 0 Å². The van der Waals surface area contributed by atoms with Gasteiger partial charge in [0.1, 0.15) is 47.9 Å². The van der Waals surface area contributed by atoms with E-state index in [2.05, 4.69) is 15.3 Å². The highest BCUT2D eigenvalue weighted by Gasteiger charge is 2.42. The second-order valence-electron chi connectivity index (χ2n) is 18.0. The average Bonchev–Trinajstić information content (AvgIpc) is 3.75. The van der Waals surface area contributed by atoms with Gasteiger partial charge in [0.25, 0.3) is 17.2 Å². The molecule has 22 nitrogen and oxygen atoms in total. The Bertz CT molecular complexity index is 2250. The van der Waals surface area contributed by atoms with Crippen LogP contribution in [0.3, 0.4) is 0 Å². The number of rotatable bonds is 13. The number of aryl methyl sites for hydroxylation is 2. The summed E-state index contributed by atoms with van der Waals surface area (Å²) in [5.41, 5.74) is -3.84. The standard InChI is InChI=1S/C40H56N8O14/c1-23(2)31(33(50)46(35(52)60-38(4,5)6)20-26-17-27(48(55)56)13-15-41-26)47-21-25(42-43-47)14-16-44-32(49)24(3)19-45(34(44)51)30-18-28(59-37(54)62-40(10,11)12)29(58-30)22-57-36(53)61-39(7,8)9/h13,15,17,19,21,23,28-31H,14,16,18,20,22H2,1-12H3/t28-,29+,30+,31-/m0/s1. The molecule has 3 aromatic rings. The molecule has 4 atom stereocenters. The second-order valence-corrected chi connectivity index (χ2v) is 18.0. The zero-order valence-electron chi connectivity index (χ0n) is 37.1. The van der Waals surface area contributed by atoms with Gasteiger partial charge in [0.05, 0.1) is 22.9 Å². The first-order valence-electron chi connectivity index (χ1n) is 19.9. The normalized spacial score (nSPS) is 17.3. The summed E-state index contributed by atoms with van der Waals surface area (Å²) in [5.74, 6) is -1.23. The van der Waals surface area contributed by atoms with Crippen LogP contribution in [0.25, 0.3) is 0 Å². The molecule has 0 N–H and O–H groups in total. The molecule has 0 bridgehead atoms. The summed E-state index contributed by atoms with van der Waals surface area (Å²) in [6, 6.07) is 1.21. The highest BCUT2D eigenvalue weighted by atomic mass is 16.8. The highest BCUT2D eigenvalue weighted by Crippen LogP contribution is 2.31. The number of carbonyl (C=O) groups is 4. The van der Waals surface area contributed by atoms with E-state index in [9.17, 15) is 38.9 Å². The average molecular weight is 873 g/mol. The van der Waals surface area contributed by atoms with Crippen molar-refractivity contribution in [1.29, 1.82) is 0 Å². The van der Waals surface area contributed by atoms with E-state index in [1.165, 1.54) is 40.8 Å². The van der Waals surface area contributed by atoms with E-state index in [1.54, 1.807) is 76.2 Å². The number of ether oxygens (including phenoxy) is 6. The van der Waals surface area contributed by atoms with Crippen LogP contribution < -0.4 is 11.2 Å². The van der Waals surface area contributed by atoms with Crippen LogP contribution in [-0.4, -0.2) is 98.9 Å². The molecule has 4 rings (SSSR count). The Hall–Kier alpha value is -6.19. The molecule has 22 heteroatoms. The summed E-state index contributed by atoms with van der Waals surface area (Å²) in [6.07, 6.45) is -2.26. The minimum atomic E-state index is -1.12. The van der Waals surface area contributed by atoms with Crippen LogP contribution in [0.1, 0.15) is 112 Å². The number of imide groups is 1. The summed E-state index contributed by atoms with van der Waals surface area (Å²) >= 11 is 0. The van der Waals surface area contributed by atoms with Gasteiger partial charge in [0, 0.05) is 55.7 Å². The zero-order valence-corrected chi connectivity index (χ0v) is 37.1. The van der Waals surface area contributed by atoms with Crippen LogP contribution >= 0.6 is 0 Å². The monoisotopic (exact) mass is 872 g/mol. The number of hydrogen-bond donors (Lipinski definition) is 0. The van der Waals surface area contributed by atoms with Crippen molar-refractivity contribution in [3.05, 3.63) is 78.6 Å². The van der Waals surface area contributed by atoms with Gasteiger partial charge in [-0.2, -0.15) is 0 Å². The summed E-state index contributed by atoms with van der Waals surface area (Å²) in [6.45, 7) is 18.7. The Morgan fingerprint density at radius 3 is 2.18 bits per heavy atom. The molecule has 0 aliphatic carbocycles. The Balaban J connectivity index is 1.58. The maximum absolute atomic E-state index is 14.2. The van der Waals surface area contributed by atoms with Gasteiger partial charge in [-0.05, 0) is 75.2 Å². The third-order valence-corrected chi connectivity index (χ3v) is 8.78. The van der Waals surface area contributed by atoms with Crippen LogP contribution in [0.15, 0.2) is 40.3 Å². The molecular formula is C40H56N8O14. The lowest BCUT2D eigenvalue weighted by Crippen LogP contribution is -2.45. The van der Waals surface area contributed by atoms with E-state index in [0.717, 1.165) is 15.5 Å². The maximum atomic E-state index is 14.2. The topological polar surface area (TPSA) is 258 Å². The molecule has 1 aliphatic heterocycles. The van der Waals surface area contributed by atoms with E-state index >= 15 is 0 Å². The van der Waals surface area contributed by atoms with Gasteiger partial charge in [0.2, 0.25) is 0 Å². The fourth-order valence-corrected chi connectivity index (χ4v) is 6.16. The number of aromatic nitrogens is 6. The van der Waals surface area contributed by atoms with E-state index in [-0.39, 0.29) is 42.0 Å². The van der Waals surface area contributed by atoms with Gasteiger partial charge in [-0.1, -0.05) is 19.1 Å². The van der Waals surface area contributed by atoms with Crippen LogP contribution in [-0.2, 0) is 52.7 Å². The van der Waals surface area contributed by atoms with Gasteiger partial charge in [0.15, 0.2) is 0 Å². The fourth-order valence-electron chi connectivity index (χ4n) is 6.16. The molecule has 2 amide bonds. The quantitative estimate of drug-likeness (QED) is 0.0928. The molecule has 62 heavy (non-hydrogen) atoms. The van der Waals surface area contributed by atoms with Crippen molar-refractivity contribution in [2.45, 2.75) is 150 Å². The second kappa shape index (κ2) is 19.2. The minimum Gasteiger partial charge on any atom is -0.443 e. The summed E-state index contributed by atoms with van der Waals surface area (Å²) in [7, 11) is 0. The van der Waals surface area contributed by atoms with Crippen molar-refractivity contribution in [2.24, 2.45) is 5.92 Å². The van der Waals surface area contributed by atoms with E-state index < -0.39 is 101 Å². The maximum Gasteiger partial charge on any atom is 0.509 e. The first-order valence-corrected chi connectivity index (χ1v) is 19.9. The molecule has 1 saturated heterocycles. The van der Waals surface area contributed by atoms with E-state index in [4.69, 9.17) is 28.4 Å². The lowest BCUT2D eigenvalue weighted by Gasteiger charge is -2.29. The summed E-state index contributed by atoms with van der Waals surface area (Å²) < 4.78 is 36.4. The van der Waals surface area contributed by atoms with Gasteiger partial charge in [-0.25, -0.2) is 28.8 Å². The number of pyridine rings is 1. The lowest BCUT2D eigenvalue weighted by atomic mass is 10.0. The van der Waals surface area contributed by atoms with Crippen molar-refractivity contribution in [1.82, 2.24) is 34.0 Å². The molecule has 0 aromatic carbocycles. The SMILES string of the molecule is Cc1cn([C@H]2C[C@H](OC(=O)OC(C)(C)C)[C@@H](COC(=O)OC(C)(C)C)O2)c(=O)n(CCc2cn([C@H](C(=O)N(Cc3cc([N+](=O)[O-])ccn3)C(=O)OC(C)(C)C)C(C)C)nn2)c1=O. The molecule has 0 saturated carbocycles. The van der Waals surface area contributed by atoms with Crippen LogP contribution in [0.4, 0.5) is 20.1 Å². The van der Waals surface area contributed by atoms with Crippen LogP contribution in [0.2, 0.25) is 0 Å². The van der Waals surface area contributed by atoms with Crippen LogP contribution in [0.5, 0.6) is 0 Å². The third kappa shape index (κ3) is 13.4. The minimum absolute atomic E-state index is 0.00670. The van der Waals surface area contributed by atoms with Gasteiger partial charge < -0.3 is 28.4 Å². The largest absolute Gasteiger partial charge is 0.509 e. The highest BCUT2D eigenvalue weighted by molar-refractivity contribution is 5.94. The molecule has 3 aromatic heterocycles. The molecule has 1 fully saturated rings. The van der Waals surface area contributed by atoms with Crippen molar-refractivity contribution >= 4 is 30.0 Å². The number of amides is 2. The Morgan fingerprint density at radius 1 is 0.952 bits per heavy atom. The van der Waals surface area contributed by atoms with Crippen LogP contribution in [0, 0.1) is 23.0 Å². The molecule has 0 radical (unpaired) electrons. The summed E-state index contributed by atoms with van der Waals surface area (Å²) in [4.78, 5) is 95.8. The van der Waals surface area contributed by atoms with Gasteiger partial charge in [-0.3, -0.25) is 33.8 Å². The smallest absolute Gasteiger partial charge is 0.443 e. The number of nitro groups is 1. The number of nitrogens with zero attached hydrogens (tertiary/aromatic N) is 8. The summed E-state index contributed by atoms with van der Waals surface area (Å²) in [5, 5.41) is 19.8. The first-order chi connectivity index (χ1) is 28.6. The third-order valence-electron chi connectivity index (χ3n) is 8.78. The Labute approximate surface area is 357 Å². The number of carbonyl (C=O) groups excluding carboxylic acids is 4. The molecule has 4 heterocycles. The van der Waals surface area contributed by atoms with Crippen molar-refractivity contribution in [2.75, 3.05) is 6.61 Å². The molecule has 0 spiro atoms. The molecule has 340 valence electrons. The molecule has 0 unspecified atom stereocenters. The van der Waals surface area contributed by atoms with Gasteiger partial charge in [-0.15, -0.1) is 5.10 Å². The predicted molar refractivity (Wildman–Crippen MR) is 217 cm³/mol. The van der Waals surface area contributed by atoms with Crippen molar-refractivity contribution in [3.63, 3.8) is 0 Å². The van der Waals surface area contributed by atoms with E-state index in [0.29, 0.717) is 0 Å². The first kappa shape index (κ1) is 48.5. The Morgan fingerprint density at radius 2 is 1.58 bits per heavy atom. The van der Waals surface area contributed by atoms with Crippen molar-refractivity contribution < 1.29 is 52.5 Å². The van der Waals surface area contributed by atoms with Crippen molar-refractivity contribution in [3.8, 4) is 0 Å². The zero-order chi connectivity index (χ0) is 46.5. The Kier molecular flexibility index (Phi) is 15.0.